The van der Waals surface area contributed by atoms with Gasteiger partial charge in [0.2, 0.25) is 5.91 Å². The van der Waals surface area contributed by atoms with Crippen molar-refractivity contribution < 1.29 is 4.79 Å². The maximum absolute atomic E-state index is 12.5. The number of rotatable bonds is 7. The molecule has 1 amide bonds. The van der Waals surface area contributed by atoms with Crippen molar-refractivity contribution >= 4 is 34.1 Å². The lowest BCUT2D eigenvalue weighted by atomic mass is 10.1. The lowest BCUT2D eigenvalue weighted by molar-refractivity contribution is -0.113. The van der Waals surface area contributed by atoms with Crippen LogP contribution in [0.15, 0.2) is 59.1 Å². The van der Waals surface area contributed by atoms with E-state index in [1.54, 1.807) is 0 Å². The van der Waals surface area contributed by atoms with Crippen LogP contribution in [0, 0.1) is 13.8 Å². The fourth-order valence-corrected chi connectivity index (χ4v) is 4.72. The first-order valence-electron chi connectivity index (χ1n) is 9.99. The summed E-state index contributed by atoms with van der Waals surface area (Å²) < 4.78 is 2.04. The second-order valence-electron chi connectivity index (χ2n) is 7.11. The number of thiazole rings is 1. The van der Waals surface area contributed by atoms with Gasteiger partial charge >= 0.3 is 0 Å². The highest BCUT2D eigenvalue weighted by Gasteiger charge is 2.16. The van der Waals surface area contributed by atoms with E-state index < -0.39 is 0 Å². The second kappa shape index (κ2) is 9.45. The molecule has 8 heteroatoms. The van der Waals surface area contributed by atoms with Crippen LogP contribution in [-0.2, 0) is 11.3 Å². The maximum Gasteiger partial charge on any atom is 0.236 e. The maximum atomic E-state index is 12.5. The van der Waals surface area contributed by atoms with Gasteiger partial charge in [0.25, 0.3) is 0 Å². The monoisotopic (exact) mass is 449 g/mol. The first-order valence-corrected chi connectivity index (χ1v) is 11.9. The number of hydrogen-bond donors (Lipinski definition) is 1. The lowest BCUT2D eigenvalue weighted by Crippen LogP contribution is -2.14. The van der Waals surface area contributed by atoms with Gasteiger partial charge in [0.1, 0.15) is 0 Å². The van der Waals surface area contributed by atoms with Crippen molar-refractivity contribution in [1.82, 2.24) is 19.7 Å². The molecule has 31 heavy (non-hydrogen) atoms. The quantitative estimate of drug-likeness (QED) is 0.381. The predicted octanol–water partition coefficient (Wildman–Crippen LogP) is 5.44. The number of anilines is 1. The van der Waals surface area contributed by atoms with Gasteiger partial charge in [0.15, 0.2) is 16.1 Å². The number of carbonyl (C=O) groups excluding carboxylic acids is 1. The van der Waals surface area contributed by atoms with Crippen molar-refractivity contribution in [3.05, 3.63) is 65.0 Å². The normalized spacial score (nSPS) is 10.9. The van der Waals surface area contributed by atoms with Crippen molar-refractivity contribution in [2.45, 2.75) is 32.5 Å². The molecule has 0 fully saturated rings. The lowest BCUT2D eigenvalue weighted by Gasteiger charge is -2.09. The molecule has 4 aromatic rings. The fourth-order valence-electron chi connectivity index (χ4n) is 3.18. The fraction of sp³-hybridized carbons (Fsp3) is 0.217. The van der Waals surface area contributed by atoms with Crippen molar-refractivity contribution in [2.24, 2.45) is 0 Å². The van der Waals surface area contributed by atoms with Crippen molar-refractivity contribution in [2.75, 3.05) is 11.1 Å². The molecule has 0 spiro atoms. The molecule has 158 valence electrons. The van der Waals surface area contributed by atoms with Crippen LogP contribution < -0.4 is 5.32 Å². The molecular weight excluding hydrogens is 426 g/mol. The van der Waals surface area contributed by atoms with Gasteiger partial charge in [-0.1, -0.05) is 65.9 Å². The molecule has 1 N–H and O–H groups in total. The van der Waals surface area contributed by atoms with Crippen molar-refractivity contribution in [1.29, 1.82) is 0 Å². The molecule has 0 radical (unpaired) electrons. The summed E-state index contributed by atoms with van der Waals surface area (Å²) in [7, 11) is 0. The van der Waals surface area contributed by atoms with Crippen LogP contribution in [0.4, 0.5) is 5.13 Å². The molecule has 0 unspecified atom stereocenters. The Kier molecular flexibility index (Phi) is 6.48. The van der Waals surface area contributed by atoms with Crippen LogP contribution in [0.2, 0.25) is 0 Å². The Hall–Kier alpha value is -2.97. The van der Waals surface area contributed by atoms with E-state index in [0.29, 0.717) is 5.13 Å². The van der Waals surface area contributed by atoms with Crippen molar-refractivity contribution in [3.8, 4) is 22.6 Å². The minimum absolute atomic E-state index is 0.113. The van der Waals surface area contributed by atoms with Gasteiger partial charge in [-0.2, -0.15) is 0 Å². The Balaban J connectivity index is 1.41. The summed E-state index contributed by atoms with van der Waals surface area (Å²) in [6.45, 7) is 6.89. The zero-order chi connectivity index (χ0) is 21.8. The summed E-state index contributed by atoms with van der Waals surface area (Å²) in [6, 6.07) is 16.3. The van der Waals surface area contributed by atoms with Crippen LogP contribution in [0.3, 0.4) is 0 Å². The highest BCUT2D eigenvalue weighted by molar-refractivity contribution is 7.99. The van der Waals surface area contributed by atoms with Gasteiger partial charge in [-0.05, 0) is 26.3 Å². The highest BCUT2D eigenvalue weighted by Crippen LogP contribution is 2.27. The second-order valence-corrected chi connectivity index (χ2v) is 8.91. The Morgan fingerprint density at radius 1 is 1.10 bits per heavy atom. The summed E-state index contributed by atoms with van der Waals surface area (Å²) in [5.74, 6) is 0.954. The summed E-state index contributed by atoms with van der Waals surface area (Å²) in [5.41, 5.74) is 5.31. The van der Waals surface area contributed by atoms with Crippen molar-refractivity contribution in [3.63, 3.8) is 0 Å². The van der Waals surface area contributed by atoms with Gasteiger partial charge in [0, 0.05) is 23.1 Å². The van der Waals surface area contributed by atoms with Gasteiger partial charge in [-0.3, -0.25) is 4.79 Å². The summed E-state index contributed by atoms with van der Waals surface area (Å²) in [5, 5.41) is 14.9. The Morgan fingerprint density at radius 3 is 2.61 bits per heavy atom. The number of benzene rings is 2. The average molecular weight is 450 g/mol. The molecule has 4 rings (SSSR count). The predicted molar refractivity (Wildman–Crippen MR) is 128 cm³/mol. The van der Waals surface area contributed by atoms with Crippen LogP contribution in [0.1, 0.15) is 18.1 Å². The third kappa shape index (κ3) is 4.86. The largest absolute Gasteiger partial charge is 0.302 e. The Bertz CT molecular complexity index is 1200. The van der Waals surface area contributed by atoms with E-state index in [9.17, 15) is 4.79 Å². The van der Waals surface area contributed by atoms with E-state index in [4.69, 9.17) is 0 Å². The molecule has 0 saturated carbocycles. The molecule has 2 aromatic carbocycles. The Labute approximate surface area is 189 Å². The molecule has 0 bridgehead atoms. The molecule has 0 atom stereocenters. The summed E-state index contributed by atoms with van der Waals surface area (Å²) in [6.07, 6.45) is 0. The molecule has 2 aromatic heterocycles. The molecule has 0 aliphatic carbocycles. The first kappa shape index (κ1) is 21.3. The number of thioether (sulfide) groups is 1. The topological polar surface area (TPSA) is 72.7 Å². The van der Waals surface area contributed by atoms with Crippen LogP contribution in [0.5, 0.6) is 0 Å². The molecule has 0 aliphatic heterocycles. The number of amides is 1. The number of nitrogens with zero attached hydrogens (tertiary/aromatic N) is 4. The Morgan fingerprint density at radius 2 is 1.87 bits per heavy atom. The zero-order valence-electron chi connectivity index (χ0n) is 17.6. The summed E-state index contributed by atoms with van der Waals surface area (Å²) >= 11 is 2.80. The van der Waals surface area contributed by atoms with E-state index in [2.05, 4.69) is 59.5 Å². The number of carbonyl (C=O) groups is 1. The van der Waals surface area contributed by atoms with Crippen LogP contribution >= 0.6 is 23.1 Å². The van der Waals surface area contributed by atoms with E-state index in [1.807, 2.05) is 40.3 Å². The highest BCUT2D eigenvalue weighted by atomic mass is 32.2. The minimum atomic E-state index is -0.113. The van der Waals surface area contributed by atoms with Gasteiger partial charge in [-0.25, -0.2) is 4.98 Å². The minimum Gasteiger partial charge on any atom is -0.302 e. The van der Waals surface area contributed by atoms with E-state index in [0.717, 1.165) is 39.9 Å². The molecule has 0 saturated heterocycles. The van der Waals surface area contributed by atoms with Crippen LogP contribution in [-0.4, -0.2) is 31.4 Å². The molecule has 6 nitrogen and oxygen atoms in total. The van der Waals surface area contributed by atoms with E-state index >= 15 is 0 Å². The third-order valence-electron chi connectivity index (χ3n) is 4.85. The first-order chi connectivity index (χ1) is 15.0. The van der Waals surface area contributed by atoms with Gasteiger partial charge < -0.3 is 9.88 Å². The molecule has 2 heterocycles. The zero-order valence-corrected chi connectivity index (χ0v) is 19.3. The number of hydrogen-bond acceptors (Lipinski definition) is 6. The smallest absolute Gasteiger partial charge is 0.236 e. The third-order valence-corrected chi connectivity index (χ3v) is 6.57. The SMILES string of the molecule is CCn1c(SCC(=O)Nc2nc(-c3ccc(C)cc3)cs2)nnc1-c1ccccc1C. The average Bonchev–Trinajstić information content (AvgIpc) is 3.40. The number of aryl methyl sites for hydroxylation is 2. The number of nitrogens with one attached hydrogen (secondary N) is 1. The summed E-state index contributed by atoms with van der Waals surface area (Å²) in [4.78, 5) is 17.0. The van der Waals surface area contributed by atoms with Gasteiger partial charge in [0.05, 0.1) is 11.4 Å². The van der Waals surface area contributed by atoms with E-state index in [-0.39, 0.29) is 11.7 Å². The standard InChI is InChI=1S/C23H23N5OS2/c1-4-28-21(18-8-6-5-7-16(18)3)26-27-23(28)31-14-20(29)25-22-24-19(13-30-22)17-11-9-15(2)10-12-17/h5-13H,4,14H2,1-3H3,(H,24,25,29). The van der Waals surface area contributed by atoms with Crippen LogP contribution in [0.25, 0.3) is 22.6 Å². The molecular formula is C23H23N5OS2. The molecule has 0 aliphatic rings. The number of aromatic nitrogens is 4. The van der Waals surface area contributed by atoms with E-state index in [1.165, 1.54) is 28.7 Å². The van der Waals surface area contributed by atoms with Gasteiger partial charge in [-0.15, -0.1) is 21.5 Å².